The van der Waals surface area contributed by atoms with Gasteiger partial charge in [-0.2, -0.15) is 4.98 Å². The third kappa shape index (κ3) is 3.17. The van der Waals surface area contributed by atoms with Crippen LogP contribution >= 0.6 is 23.2 Å². The molecule has 4 heterocycles. The lowest BCUT2D eigenvalue weighted by Gasteiger charge is -2.37. The molecule has 1 aromatic carbocycles. The van der Waals surface area contributed by atoms with Gasteiger partial charge in [0.05, 0.1) is 24.4 Å². The normalized spacial score (nSPS) is 21.3. The third-order valence-electron chi connectivity index (χ3n) is 6.14. The maximum absolute atomic E-state index is 13.4. The summed E-state index contributed by atoms with van der Waals surface area (Å²) in [6.45, 7) is 4.04. The standard InChI is InChI=1S/C21H21Cl2N5O2/c1-11-18-12(6-14(22)7-15(18)23)3-5-28(11)20(29)13-2-4-27(10-13)17-9-25-8-16-19(17)30-21(24)26-16/h6-9,11,13H,2-5,10H2,1H3,(H2,24,26)/t11-,13+/m0/s1. The van der Waals surface area contributed by atoms with E-state index in [2.05, 4.69) is 14.9 Å². The molecule has 3 aromatic rings. The zero-order valence-electron chi connectivity index (χ0n) is 16.4. The zero-order valence-corrected chi connectivity index (χ0v) is 18.0. The molecule has 2 atom stereocenters. The Morgan fingerprint density at radius 3 is 2.93 bits per heavy atom. The highest BCUT2D eigenvalue weighted by atomic mass is 35.5. The van der Waals surface area contributed by atoms with Gasteiger partial charge in [0.15, 0.2) is 5.58 Å². The van der Waals surface area contributed by atoms with Gasteiger partial charge in [0.2, 0.25) is 5.91 Å². The van der Waals surface area contributed by atoms with Crippen molar-refractivity contribution in [1.82, 2.24) is 14.9 Å². The van der Waals surface area contributed by atoms with E-state index in [4.69, 9.17) is 33.4 Å². The number of pyridine rings is 1. The molecule has 0 saturated carbocycles. The van der Waals surface area contributed by atoms with Crippen LogP contribution in [0.25, 0.3) is 11.1 Å². The van der Waals surface area contributed by atoms with Crippen molar-refractivity contribution in [3.8, 4) is 0 Å². The molecular formula is C21H21Cl2N5O2. The molecule has 30 heavy (non-hydrogen) atoms. The van der Waals surface area contributed by atoms with Gasteiger partial charge in [-0.25, -0.2) is 0 Å². The van der Waals surface area contributed by atoms with Gasteiger partial charge in [-0.3, -0.25) is 9.78 Å². The lowest BCUT2D eigenvalue weighted by Crippen LogP contribution is -2.43. The number of benzene rings is 1. The smallest absolute Gasteiger partial charge is 0.293 e. The number of aromatic nitrogens is 2. The average Bonchev–Trinajstić information content (AvgIpc) is 3.32. The fourth-order valence-corrected chi connectivity index (χ4v) is 5.40. The first-order chi connectivity index (χ1) is 14.4. The van der Waals surface area contributed by atoms with Gasteiger partial charge < -0.3 is 20.0 Å². The summed E-state index contributed by atoms with van der Waals surface area (Å²) in [7, 11) is 0. The summed E-state index contributed by atoms with van der Waals surface area (Å²) in [5.41, 5.74) is 9.88. The predicted molar refractivity (Wildman–Crippen MR) is 117 cm³/mol. The molecule has 2 aliphatic heterocycles. The molecule has 5 rings (SSSR count). The van der Waals surface area contributed by atoms with Crippen LogP contribution in [-0.2, 0) is 11.2 Å². The summed E-state index contributed by atoms with van der Waals surface area (Å²) in [5.74, 6) is 0.0504. The molecule has 0 aliphatic carbocycles. The van der Waals surface area contributed by atoms with Crippen LogP contribution in [0.5, 0.6) is 0 Å². The number of nitrogens with two attached hydrogens (primary N) is 1. The number of halogens is 2. The van der Waals surface area contributed by atoms with Gasteiger partial charge in [0.25, 0.3) is 6.01 Å². The van der Waals surface area contributed by atoms with E-state index >= 15 is 0 Å². The van der Waals surface area contributed by atoms with E-state index < -0.39 is 0 Å². The molecule has 1 fully saturated rings. The Bertz CT molecular complexity index is 1150. The molecule has 2 aromatic heterocycles. The Hall–Kier alpha value is -2.51. The number of hydrogen-bond acceptors (Lipinski definition) is 6. The van der Waals surface area contributed by atoms with Crippen molar-refractivity contribution in [1.29, 1.82) is 0 Å². The van der Waals surface area contributed by atoms with Gasteiger partial charge in [0.1, 0.15) is 11.2 Å². The summed E-state index contributed by atoms with van der Waals surface area (Å²) < 4.78 is 5.57. The fourth-order valence-electron chi connectivity index (χ4n) is 4.70. The number of nitrogen functional groups attached to an aromatic ring is 1. The number of carbonyl (C=O) groups is 1. The largest absolute Gasteiger partial charge is 0.421 e. The van der Waals surface area contributed by atoms with Crippen LogP contribution < -0.4 is 10.6 Å². The molecule has 0 unspecified atom stereocenters. The first-order valence-corrected chi connectivity index (χ1v) is 10.7. The second-order valence-electron chi connectivity index (χ2n) is 7.91. The minimum Gasteiger partial charge on any atom is -0.421 e. The highest BCUT2D eigenvalue weighted by Crippen LogP contribution is 2.39. The van der Waals surface area contributed by atoms with Crippen molar-refractivity contribution in [2.24, 2.45) is 5.92 Å². The van der Waals surface area contributed by atoms with Crippen molar-refractivity contribution in [3.63, 3.8) is 0 Å². The Kier molecular flexibility index (Phi) is 4.75. The lowest BCUT2D eigenvalue weighted by atomic mass is 9.92. The molecular weight excluding hydrogens is 425 g/mol. The monoisotopic (exact) mass is 445 g/mol. The molecule has 0 bridgehead atoms. The van der Waals surface area contributed by atoms with Crippen molar-refractivity contribution in [3.05, 3.63) is 45.7 Å². The number of oxazole rings is 1. The molecule has 0 radical (unpaired) electrons. The summed E-state index contributed by atoms with van der Waals surface area (Å²) in [5, 5.41) is 1.25. The van der Waals surface area contributed by atoms with E-state index in [1.54, 1.807) is 18.5 Å². The number of rotatable bonds is 2. The van der Waals surface area contributed by atoms with Gasteiger partial charge in [-0.1, -0.05) is 23.2 Å². The fraction of sp³-hybridized carbons (Fsp3) is 0.381. The predicted octanol–water partition coefficient (Wildman–Crippen LogP) is 4.08. The molecule has 2 aliphatic rings. The second kappa shape index (κ2) is 7.32. The van der Waals surface area contributed by atoms with E-state index in [1.807, 2.05) is 17.9 Å². The van der Waals surface area contributed by atoms with E-state index in [1.165, 1.54) is 0 Å². The van der Waals surface area contributed by atoms with Crippen LogP contribution in [-0.4, -0.2) is 40.4 Å². The lowest BCUT2D eigenvalue weighted by molar-refractivity contribution is -0.137. The van der Waals surface area contributed by atoms with Crippen LogP contribution in [0.2, 0.25) is 10.0 Å². The van der Waals surface area contributed by atoms with Crippen LogP contribution in [0.1, 0.15) is 30.5 Å². The van der Waals surface area contributed by atoms with Gasteiger partial charge >= 0.3 is 0 Å². The van der Waals surface area contributed by atoms with Crippen LogP contribution in [0.15, 0.2) is 28.9 Å². The molecule has 7 nitrogen and oxygen atoms in total. The Morgan fingerprint density at radius 1 is 1.27 bits per heavy atom. The molecule has 2 N–H and O–H groups in total. The summed E-state index contributed by atoms with van der Waals surface area (Å²) in [6.07, 6.45) is 4.88. The first-order valence-electron chi connectivity index (χ1n) is 9.95. The van der Waals surface area contributed by atoms with Crippen LogP contribution in [0.4, 0.5) is 11.7 Å². The minimum absolute atomic E-state index is 0.0840. The van der Waals surface area contributed by atoms with E-state index in [0.29, 0.717) is 34.2 Å². The third-order valence-corrected chi connectivity index (χ3v) is 6.68. The highest BCUT2D eigenvalue weighted by Gasteiger charge is 2.37. The van der Waals surface area contributed by atoms with Gasteiger partial charge in [-0.05, 0) is 43.0 Å². The van der Waals surface area contributed by atoms with Gasteiger partial charge in [-0.15, -0.1) is 0 Å². The van der Waals surface area contributed by atoms with Crippen molar-refractivity contribution in [2.75, 3.05) is 30.3 Å². The molecule has 1 amide bonds. The Balaban J connectivity index is 1.36. The van der Waals surface area contributed by atoms with Crippen molar-refractivity contribution >= 4 is 51.9 Å². The minimum atomic E-state index is -0.101. The average molecular weight is 446 g/mol. The highest BCUT2D eigenvalue weighted by molar-refractivity contribution is 6.35. The number of hydrogen-bond donors (Lipinski definition) is 1. The van der Waals surface area contributed by atoms with Crippen LogP contribution in [0.3, 0.4) is 0 Å². The first kappa shape index (κ1) is 19.5. The second-order valence-corrected chi connectivity index (χ2v) is 8.75. The summed E-state index contributed by atoms with van der Waals surface area (Å²) >= 11 is 12.6. The maximum Gasteiger partial charge on any atom is 0.293 e. The van der Waals surface area contributed by atoms with Crippen LogP contribution in [0, 0.1) is 5.92 Å². The number of anilines is 2. The molecule has 9 heteroatoms. The zero-order chi connectivity index (χ0) is 21.0. The summed E-state index contributed by atoms with van der Waals surface area (Å²) in [4.78, 5) is 25.9. The molecule has 0 spiro atoms. The number of carbonyl (C=O) groups excluding carboxylic acids is 1. The van der Waals surface area contributed by atoms with Crippen molar-refractivity contribution in [2.45, 2.75) is 25.8 Å². The van der Waals surface area contributed by atoms with Gasteiger partial charge in [0, 0.05) is 29.7 Å². The molecule has 156 valence electrons. The Morgan fingerprint density at radius 2 is 2.10 bits per heavy atom. The quantitative estimate of drug-likeness (QED) is 0.638. The topological polar surface area (TPSA) is 88.5 Å². The van der Waals surface area contributed by atoms with E-state index in [-0.39, 0.29) is 23.9 Å². The number of nitrogens with zero attached hydrogens (tertiary/aromatic N) is 4. The van der Waals surface area contributed by atoms with E-state index in [9.17, 15) is 4.79 Å². The molecule has 1 saturated heterocycles. The maximum atomic E-state index is 13.4. The number of amides is 1. The van der Waals surface area contributed by atoms with Crippen molar-refractivity contribution < 1.29 is 9.21 Å². The van der Waals surface area contributed by atoms with E-state index in [0.717, 1.165) is 36.2 Å². The SMILES string of the molecule is C[C@H]1c2c(Cl)cc(Cl)cc2CCN1C(=O)[C@@H]1CCN(c2cncc3nc(N)oc23)C1. The summed E-state index contributed by atoms with van der Waals surface area (Å²) in [6, 6.07) is 3.73. The Labute approximate surface area is 183 Å². The number of fused-ring (bicyclic) bond motifs is 2.